The molecule has 0 unspecified atom stereocenters. The number of carbonyl (C=O) groups excluding carboxylic acids is 1. The molecule has 0 bridgehead atoms. The van der Waals surface area contributed by atoms with Gasteiger partial charge in [-0.2, -0.15) is 10.2 Å². The number of nitrogens with one attached hydrogen (secondary N) is 3. The van der Waals surface area contributed by atoms with E-state index in [4.69, 9.17) is 0 Å². The molecule has 0 aliphatic carbocycles. The molecule has 0 atom stereocenters. The molecule has 4 rings (SSSR count). The van der Waals surface area contributed by atoms with Crippen molar-refractivity contribution in [1.29, 1.82) is 0 Å². The van der Waals surface area contributed by atoms with Gasteiger partial charge < -0.3 is 5.32 Å². The molecule has 4 aromatic rings. The number of hydrogen-bond donors (Lipinski definition) is 3. The van der Waals surface area contributed by atoms with Gasteiger partial charge in [0.1, 0.15) is 5.52 Å². The van der Waals surface area contributed by atoms with Gasteiger partial charge in [0.05, 0.1) is 23.5 Å². The van der Waals surface area contributed by atoms with Gasteiger partial charge in [-0.1, -0.05) is 12.1 Å². The third kappa shape index (κ3) is 2.55. The van der Waals surface area contributed by atoms with Gasteiger partial charge in [-0.15, -0.1) is 0 Å². The second kappa shape index (κ2) is 5.38. The van der Waals surface area contributed by atoms with Gasteiger partial charge >= 0.3 is 0 Å². The summed E-state index contributed by atoms with van der Waals surface area (Å²) in [6, 6.07) is 9.30. The van der Waals surface area contributed by atoms with Crippen LogP contribution in [0.3, 0.4) is 0 Å². The zero-order valence-electron chi connectivity index (χ0n) is 11.9. The minimum atomic E-state index is -0.224. The first kappa shape index (κ1) is 13.2. The quantitative estimate of drug-likeness (QED) is 0.541. The van der Waals surface area contributed by atoms with Crippen LogP contribution in [0.1, 0.15) is 10.4 Å². The van der Waals surface area contributed by atoms with E-state index >= 15 is 0 Å². The van der Waals surface area contributed by atoms with Crippen molar-refractivity contribution in [1.82, 2.24) is 25.4 Å². The molecule has 0 spiro atoms. The molecule has 112 valence electrons. The maximum absolute atomic E-state index is 12.4. The van der Waals surface area contributed by atoms with Gasteiger partial charge in [0.2, 0.25) is 0 Å². The number of anilines is 1. The Balaban J connectivity index is 1.59. The van der Waals surface area contributed by atoms with Gasteiger partial charge in [0.15, 0.2) is 0 Å². The number of carbonyl (C=O) groups is 1. The number of aromatic nitrogens is 5. The zero-order valence-corrected chi connectivity index (χ0v) is 11.9. The fourth-order valence-electron chi connectivity index (χ4n) is 2.34. The molecule has 0 saturated carbocycles. The van der Waals surface area contributed by atoms with Gasteiger partial charge in [-0.3, -0.25) is 20.0 Å². The van der Waals surface area contributed by atoms with Crippen molar-refractivity contribution in [3.05, 3.63) is 60.7 Å². The van der Waals surface area contributed by atoms with Gasteiger partial charge in [-0.05, 0) is 23.8 Å². The Morgan fingerprint density at radius 1 is 1.04 bits per heavy atom. The van der Waals surface area contributed by atoms with Gasteiger partial charge in [-0.25, -0.2) is 0 Å². The van der Waals surface area contributed by atoms with Crippen molar-refractivity contribution in [2.75, 3.05) is 5.32 Å². The second-order valence-electron chi connectivity index (χ2n) is 5.05. The first-order valence-corrected chi connectivity index (χ1v) is 6.99. The summed E-state index contributed by atoms with van der Waals surface area (Å²) in [7, 11) is 0. The van der Waals surface area contributed by atoms with Crippen molar-refractivity contribution < 1.29 is 4.79 Å². The van der Waals surface area contributed by atoms with E-state index in [1.165, 1.54) is 6.20 Å². The molecule has 1 amide bonds. The second-order valence-corrected chi connectivity index (χ2v) is 5.05. The molecular formula is C16H12N6O. The molecule has 23 heavy (non-hydrogen) atoms. The normalized spacial score (nSPS) is 10.8. The molecule has 1 aromatic carbocycles. The van der Waals surface area contributed by atoms with Crippen molar-refractivity contribution in [3.63, 3.8) is 0 Å². The van der Waals surface area contributed by atoms with Crippen LogP contribution in [-0.4, -0.2) is 31.3 Å². The van der Waals surface area contributed by atoms with E-state index in [0.717, 1.165) is 22.2 Å². The van der Waals surface area contributed by atoms with E-state index in [-0.39, 0.29) is 5.91 Å². The predicted octanol–water partition coefficient (Wildman–Crippen LogP) is 2.60. The largest absolute Gasteiger partial charge is 0.322 e. The van der Waals surface area contributed by atoms with Crippen molar-refractivity contribution in [2.45, 2.75) is 0 Å². The topological polar surface area (TPSA) is 99.3 Å². The van der Waals surface area contributed by atoms with Crippen LogP contribution in [0.2, 0.25) is 0 Å². The highest BCUT2D eigenvalue weighted by atomic mass is 16.1. The molecule has 0 aliphatic heterocycles. The highest BCUT2D eigenvalue weighted by Gasteiger charge is 2.09. The standard InChI is InChI=1S/C16H12N6O/c23-16(11-5-14-15(17-6-11)9-20-22-14)21-13-3-1-2-10(4-13)12-7-18-19-8-12/h1-9H,(H,18,19)(H,20,22)(H,21,23). The fraction of sp³-hybridized carbons (Fsp3) is 0. The van der Waals surface area contributed by atoms with E-state index < -0.39 is 0 Å². The Kier molecular flexibility index (Phi) is 3.09. The molecular weight excluding hydrogens is 292 g/mol. The maximum atomic E-state index is 12.4. The Hall–Kier alpha value is -3.48. The lowest BCUT2D eigenvalue weighted by atomic mass is 10.1. The summed E-state index contributed by atoms with van der Waals surface area (Å²) < 4.78 is 0. The molecule has 3 N–H and O–H groups in total. The molecule has 7 nitrogen and oxygen atoms in total. The van der Waals surface area contributed by atoms with E-state index in [9.17, 15) is 4.79 Å². The number of pyridine rings is 1. The number of hydrogen-bond acceptors (Lipinski definition) is 4. The third-order valence-corrected chi connectivity index (χ3v) is 3.50. The fourth-order valence-corrected chi connectivity index (χ4v) is 2.34. The summed E-state index contributed by atoms with van der Waals surface area (Å²) in [5.74, 6) is -0.224. The summed E-state index contributed by atoms with van der Waals surface area (Å²) in [5.41, 5.74) is 4.56. The van der Waals surface area contributed by atoms with Crippen LogP contribution in [0.25, 0.3) is 22.2 Å². The van der Waals surface area contributed by atoms with Crippen LogP contribution >= 0.6 is 0 Å². The lowest BCUT2D eigenvalue weighted by Gasteiger charge is -2.06. The lowest BCUT2D eigenvalue weighted by Crippen LogP contribution is -2.12. The Morgan fingerprint density at radius 3 is 2.87 bits per heavy atom. The summed E-state index contributed by atoms with van der Waals surface area (Å²) in [5, 5.41) is 16.3. The molecule has 3 heterocycles. The summed E-state index contributed by atoms with van der Waals surface area (Å²) in [4.78, 5) is 16.6. The van der Waals surface area contributed by atoms with Gasteiger partial charge in [0, 0.05) is 23.6 Å². The van der Waals surface area contributed by atoms with Crippen LogP contribution < -0.4 is 5.32 Å². The van der Waals surface area contributed by atoms with Crippen LogP contribution in [-0.2, 0) is 0 Å². The summed E-state index contributed by atoms with van der Waals surface area (Å²) in [6.07, 6.45) is 6.69. The number of fused-ring (bicyclic) bond motifs is 1. The first-order chi connectivity index (χ1) is 11.3. The van der Waals surface area contributed by atoms with E-state index in [0.29, 0.717) is 11.3 Å². The highest BCUT2D eigenvalue weighted by Crippen LogP contribution is 2.22. The number of nitrogens with zero attached hydrogens (tertiary/aromatic N) is 3. The van der Waals surface area contributed by atoms with Gasteiger partial charge in [0.25, 0.3) is 5.91 Å². The number of H-pyrrole nitrogens is 2. The number of rotatable bonds is 3. The smallest absolute Gasteiger partial charge is 0.257 e. The third-order valence-electron chi connectivity index (χ3n) is 3.50. The highest BCUT2D eigenvalue weighted by molar-refractivity contribution is 6.05. The molecule has 0 aliphatic rings. The summed E-state index contributed by atoms with van der Waals surface area (Å²) in [6.45, 7) is 0. The van der Waals surface area contributed by atoms with E-state index in [1.807, 2.05) is 24.3 Å². The lowest BCUT2D eigenvalue weighted by molar-refractivity contribution is 0.102. The monoisotopic (exact) mass is 304 g/mol. The number of benzene rings is 1. The molecule has 0 fully saturated rings. The van der Waals surface area contributed by atoms with Crippen LogP contribution in [0.4, 0.5) is 5.69 Å². The van der Waals surface area contributed by atoms with Crippen LogP contribution in [0.15, 0.2) is 55.1 Å². The average molecular weight is 304 g/mol. The maximum Gasteiger partial charge on any atom is 0.257 e. The van der Waals surface area contributed by atoms with Crippen LogP contribution in [0, 0.1) is 0 Å². The number of amides is 1. The minimum absolute atomic E-state index is 0.224. The summed E-state index contributed by atoms with van der Waals surface area (Å²) >= 11 is 0. The minimum Gasteiger partial charge on any atom is -0.322 e. The molecule has 3 aromatic heterocycles. The average Bonchev–Trinajstić information content (AvgIpc) is 3.26. The van der Waals surface area contributed by atoms with Crippen molar-refractivity contribution in [3.8, 4) is 11.1 Å². The molecule has 0 saturated heterocycles. The van der Waals surface area contributed by atoms with Crippen LogP contribution in [0.5, 0.6) is 0 Å². The van der Waals surface area contributed by atoms with E-state index in [2.05, 4.69) is 30.7 Å². The number of aromatic amines is 2. The predicted molar refractivity (Wildman–Crippen MR) is 85.9 cm³/mol. The van der Waals surface area contributed by atoms with Crippen molar-refractivity contribution in [2.24, 2.45) is 0 Å². The SMILES string of the molecule is O=C(Nc1cccc(-c2cn[nH]c2)c1)c1cnc2cn[nH]c2c1. The zero-order chi connectivity index (χ0) is 15.6. The molecule has 7 heteroatoms. The Morgan fingerprint density at radius 2 is 2.00 bits per heavy atom. The van der Waals surface area contributed by atoms with E-state index in [1.54, 1.807) is 24.7 Å². The van der Waals surface area contributed by atoms with Crippen molar-refractivity contribution >= 4 is 22.6 Å². The molecule has 0 radical (unpaired) electrons. The Labute approximate surface area is 130 Å². The first-order valence-electron chi connectivity index (χ1n) is 6.99. The Bertz CT molecular complexity index is 973.